The van der Waals surface area contributed by atoms with Crippen molar-refractivity contribution in [1.82, 2.24) is 9.99 Å². The molecule has 0 radical (unpaired) electrons. The van der Waals surface area contributed by atoms with Crippen LogP contribution in [0.25, 0.3) is 0 Å². The van der Waals surface area contributed by atoms with Crippen molar-refractivity contribution in [3.63, 3.8) is 0 Å². The largest absolute Gasteiger partial charge is 0.569 e. The number of rotatable bonds is 11. The van der Waals surface area contributed by atoms with Crippen LogP contribution in [0, 0.1) is 12.1 Å². The van der Waals surface area contributed by atoms with Gasteiger partial charge in [0.15, 0.2) is 11.8 Å². The molecule has 1 saturated heterocycles. The monoisotopic (exact) mass is 562 g/mol. The zero-order valence-corrected chi connectivity index (χ0v) is 22.6. The smallest absolute Gasteiger partial charge is 0.513 e. The summed E-state index contributed by atoms with van der Waals surface area (Å²) in [4.78, 5) is 33.8. The van der Waals surface area contributed by atoms with Gasteiger partial charge in [-0.15, -0.1) is 5.01 Å². The molecule has 2 aliphatic rings. The molecule has 0 saturated carbocycles. The first-order valence-electron chi connectivity index (χ1n) is 12.7. The lowest BCUT2D eigenvalue weighted by Crippen LogP contribution is -2.41. The van der Waals surface area contributed by atoms with Crippen molar-refractivity contribution >= 4 is 23.7 Å². The lowest BCUT2D eigenvalue weighted by atomic mass is 10.0. The van der Waals surface area contributed by atoms with E-state index in [0.717, 1.165) is 16.7 Å². The third-order valence-corrected chi connectivity index (χ3v) is 6.78. The molecule has 1 aromatic heterocycles. The van der Waals surface area contributed by atoms with Gasteiger partial charge in [-0.3, -0.25) is 4.98 Å². The zero-order valence-electron chi connectivity index (χ0n) is 21.8. The van der Waals surface area contributed by atoms with Crippen molar-refractivity contribution in [2.24, 2.45) is 5.28 Å². The van der Waals surface area contributed by atoms with Crippen molar-refractivity contribution in [3.8, 4) is 5.75 Å². The van der Waals surface area contributed by atoms with E-state index in [-0.39, 0.29) is 25.9 Å². The summed E-state index contributed by atoms with van der Waals surface area (Å²) >= 11 is 5.99. The summed E-state index contributed by atoms with van der Waals surface area (Å²) in [7, 11) is 1.28. The number of methoxy groups -OCH3 is 1. The molecule has 2 atom stereocenters. The number of aryl methyl sites for hydroxylation is 1. The Bertz CT molecular complexity index is 1190. The van der Waals surface area contributed by atoms with Crippen LogP contribution in [-0.4, -0.2) is 60.0 Å². The van der Waals surface area contributed by atoms with Crippen LogP contribution in [0.5, 0.6) is 5.75 Å². The summed E-state index contributed by atoms with van der Waals surface area (Å²) in [5.41, 5.74) is 3.09. The maximum atomic E-state index is 12.3. The van der Waals surface area contributed by atoms with E-state index in [0.29, 0.717) is 60.1 Å². The summed E-state index contributed by atoms with van der Waals surface area (Å²) in [6.07, 6.45) is 3.66. The van der Waals surface area contributed by atoms with Gasteiger partial charge in [-0.25, -0.2) is 9.59 Å². The average Bonchev–Trinajstić information content (AvgIpc) is 3.60. The second-order valence-electron chi connectivity index (χ2n) is 9.12. The summed E-state index contributed by atoms with van der Waals surface area (Å²) in [6, 6.07) is 6.72. The Morgan fingerprint density at radius 1 is 1.23 bits per heavy atom. The van der Waals surface area contributed by atoms with Crippen molar-refractivity contribution < 1.29 is 38.3 Å². The van der Waals surface area contributed by atoms with Gasteiger partial charge in [0.2, 0.25) is 5.28 Å². The fourth-order valence-corrected chi connectivity index (χ4v) is 4.64. The molecule has 0 unspecified atom stereocenters. The predicted molar refractivity (Wildman–Crippen MR) is 137 cm³/mol. The SMILES string of the molecule is COC(=O)[C@@H]1CCCN1/[N+]([O-])=N/OCCCCCOC(=O)Oc1c(C)ncc2c1CO[C@H]2c1ccc(Cl)cc1. The summed E-state index contributed by atoms with van der Waals surface area (Å²) < 4.78 is 21.4. The Kier molecular flexibility index (Phi) is 9.77. The first kappa shape index (κ1) is 28.4. The molecule has 1 fully saturated rings. The highest BCUT2D eigenvalue weighted by Crippen LogP contribution is 2.41. The Morgan fingerprint density at radius 2 is 2.00 bits per heavy atom. The number of hydrogen-bond acceptors (Lipinski definition) is 10. The highest BCUT2D eigenvalue weighted by Gasteiger charge is 2.37. The van der Waals surface area contributed by atoms with Gasteiger partial charge in [0.1, 0.15) is 12.7 Å². The molecular formula is C26H31ClN4O8. The molecule has 0 aliphatic carbocycles. The molecule has 13 heteroatoms. The number of nitrogens with zero attached hydrogens (tertiary/aromatic N) is 4. The summed E-state index contributed by atoms with van der Waals surface area (Å²) in [5, 5.41) is 17.5. The number of fused-ring (bicyclic) bond motifs is 1. The maximum Gasteiger partial charge on any atom is 0.513 e. The van der Waals surface area contributed by atoms with Gasteiger partial charge >= 0.3 is 12.1 Å². The van der Waals surface area contributed by atoms with Crippen LogP contribution in [0.4, 0.5) is 4.79 Å². The second-order valence-corrected chi connectivity index (χ2v) is 9.56. The molecule has 0 spiro atoms. The normalized spacial score (nSPS) is 18.5. The van der Waals surface area contributed by atoms with Crippen molar-refractivity contribution in [3.05, 3.63) is 63.1 Å². The molecule has 0 bridgehead atoms. The first-order chi connectivity index (χ1) is 18.9. The number of benzene rings is 1. The summed E-state index contributed by atoms with van der Waals surface area (Å²) in [5.74, 6) is -0.126. The van der Waals surface area contributed by atoms with Gasteiger partial charge in [0, 0.05) is 22.3 Å². The van der Waals surface area contributed by atoms with E-state index in [2.05, 4.69) is 10.3 Å². The Hall–Kier alpha value is -3.64. The maximum absolute atomic E-state index is 12.3. The van der Waals surface area contributed by atoms with Crippen molar-refractivity contribution in [2.45, 2.75) is 57.8 Å². The zero-order chi connectivity index (χ0) is 27.8. The van der Waals surface area contributed by atoms with Crippen LogP contribution < -0.4 is 4.74 Å². The molecule has 2 aromatic rings. The van der Waals surface area contributed by atoms with E-state index in [1.807, 2.05) is 12.1 Å². The average molecular weight is 563 g/mol. The minimum Gasteiger partial charge on any atom is -0.569 e. The van der Waals surface area contributed by atoms with Gasteiger partial charge in [-0.1, -0.05) is 23.7 Å². The number of esters is 1. The van der Waals surface area contributed by atoms with E-state index >= 15 is 0 Å². The molecule has 2 aliphatic heterocycles. The number of unbranched alkanes of at least 4 members (excludes halogenated alkanes) is 2. The molecule has 210 valence electrons. The van der Waals surface area contributed by atoms with Crippen LogP contribution >= 0.6 is 11.6 Å². The molecule has 39 heavy (non-hydrogen) atoms. The Labute approximate surface area is 230 Å². The molecular weight excluding hydrogens is 532 g/mol. The van der Waals surface area contributed by atoms with E-state index < -0.39 is 18.2 Å². The van der Waals surface area contributed by atoms with Gasteiger partial charge in [-0.05, 0) is 56.7 Å². The van der Waals surface area contributed by atoms with Crippen molar-refractivity contribution in [1.29, 1.82) is 0 Å². The van der Waals surface area contributed by atoms with Crippen LogP contribution in [0.2, 0.25) is 5.02 Å². The first-order valence-corrected chi connectivity index (χ1v) is 13.1. The molecule has 0 N–H and O–H groups in total. The lowest BCUT2D eigenvalue weighted by Gasteiger charge is -2.17. The summed E-state index contributed by atoms with van der Waals surface area (Å²) in [6.45, 7) is 2.80. The van der Waals surface area contributed by atoms with E-state index in [4.69, 9.17) is 35.4 Å². The van der Waals surface area contributed by atoms with Gasteiger partial charge in [0.05, 0.1) is 37.5 Å². The Balaban J connectivity index is 1.17. The van der Waals surface area contributed by atoms with Crippen LogP contribution in [0.15, 0.2) is 35.7 Å². The third kappa shape index (κ3) is 7.07. The highest BCUT2D eigenvalue weighted by atomic mass is 35.5. The van der Waals surface area contributed by atoms with Crippen molar-refractivity contribution in [2.75, 3.05) is 26.9 Å². The number of pyridine rings is 1. The van der Waals surface area contributed by atoms with Crippen LogP contribution in [0.1, 0.15) is 60.6 Å². The molecule has 4 rings (SSSR count). The number of aromatic nitrogens is 1. The highest BCUT2D eigenvalue weighted by molar-refractivity contribution is 6.30. The number of ether oxygens (including phenoxy) is 4. The number of halogens is 1. The topological polar surface area (TPSA) is 135 Å². The lowest BCUT2D eigenvalue weighted by molar-refractivity contribution is -0.712. The van der Waals surface area contributed by atoms with Gasteiger partial charge in [0.25, 0.3) is 0 Å². The van der Waals surface area contributed by atoms with E-state index in [1.165, 1.54) is 12.1 Å². The predicted octanol–water partition coefficient (Wildman–Crippen LogP) is 4.80. The molecule has 1 aromatic carbocycles. The van der Waals surface area contributed by atoms with Gasteiger partial charge < -0.3 is 29.0 Å². The quantitative estimate of drug-likeness (QED) is 0.123. The molecule has 3 heterocycles. The molecule has 12 nitrogen and oxygen atoms in total. The Morgan fingerprint density at radius 3 is 2.77 bits per heavy atom. The third-order valence-electron chi connectivity index (χ3n) is 6.53. The number of carbonyl (C=O) groups is 2. The number of hydrazine groups is 1. The fraction of sp³-hybridized carbons (Fsp3) is 0.500. The number of hydrogen-bond donors (Lipinski definition) is 0. The van der Waals surface area contributed by atoms with E-state index in [1.54, 1.807) is 25.3 Å². The minimum absolute atomic E-state index is 0.156. The molecule has 0 amide bonds. The van der Waals surface area contributed by atoms with E-state index in [9.17, 15) is 14.8 Å². The number of carbonyl (C=O) groups excluding carboxylic acids is 2. The van der Waals surface area contributed by atoms with Crippen LogP contribution in [0.3, 0.4) is 0 Å². The van der Waals surface area contributed by atoms with Crippen LogP contribution in [-0.2, 0) is 30.4 Å². The van der Waals surface area contributed by atoms with Gasteiger partial charge in [-0.2, -0.15) is 0 Å². The standard InChI is InChI=1S/C26H31ClN4O8/c1-17-23(21-16-37-24(20(21)15-28-17)18-8-10-19(27)11-9-18)39-26(33)36-13-4-3-5-14-38-29-31(34)30-12-6-7-22(30)25(32)35-2/h8-11,15,22,24H,3-7,12-14,16H2,1-2H3/b31-29-/t22-,24-/m0/s1. The second kappa shape index (κ2) is 13.4. The fourth-order valence-electron chi connectivity index (χ4n) is 4.52. The minimum atomic E-state index is -0.817.